The van der Waals surface area contributed by atoms with Crippen molar-refractivity contribution < 1.29 is 4.79 Å². The van der Waals surface area contributed by atoms with Gasteiger partial charge in [0, 0.05) is 34.7 Å². The number of rotatable bonds is 4. The van der Waals surface area contributed by atoms with Crippen molar-refractivity contribution in [3.05, 3.63) is 58.3 Å². The Balaban J connectivity index is 1.79. The molecule has 2 aromatic rings. The molecule has 0 aliphatic rings. The number of carbonyl (C=O) groups excluding carboxylic acids is 1. The monoisotopic (exact) mass is 309 g/mol. The van der Waals surface area contributed by atoms with E-state index in [4.69, 9.17) is 23.2 Å². The fourth-order valence-electron chi connectivity index (χ4n) is 1.65. The first-order valence-electron chi connectivity index (χ1n) is 6.04. The zero-order chi connectivity index (χ0) is 14.4. The number of pyridine rings is 1. The maximum absolute atomic E-state index is 11.6. The predicted molar refractivity (Wildman–Crippen MR) is 81.4 cm³/mol. The second-order valence-electron chi connectivity index (χ2n) is 4.10. The maximum atomic E-state index is 11.6. The highest BCUT2D eigenvalue weighted by molar-refractivity contribution is 6.35. The highest BCUT2D eigenvalue weighted by Crippen LogP contribution is 2.21. The number of benzene rings is 1. The first-order valence-corrected chi connectivity index (χ1v) is 6.79. The lowest BCUT2D eigenvalue weighted by Gasteiger charge is -2.08. The Morgan fingerprint density at radius 2 is 1.90 bits per heavy atom. The van der Waals surface area contributed by atoms with Gasteiger partial charge in [-0.1, -0.05) is 29.3 Å². The molecule has 104 valence electrons. The first kappa shape index (κ1) is 14.6. The van der Waals surface area contributed by atoms with E-state index < -0.39 is 0 Å². The van der Waals surface area contributed by atoms with Gasteiger partial charge >= 0.3 is 6.03 Å². The van der Waals surface area contributed by atoms with Gasteiger partial charge in [0.25, 0.3) is 0 Å². The summed E-state index contributed by atoms with van der Waals surface area (Å²) >= 11 is 11.9. The van der Waals surface area contributed by atoms with Crippen molar-refractivity contribution >= 4 is 34.9 Å². The summed E-state index contributed by atoms with van der Waals surface area (Å²) in [6, 6.07) is 8.49. The standard InChI is InChI=1S/C14H13Cl2N3O/c15-11-2-1-10(13(16)9-11)3-8-18-14(20)19-12-4-6-17-7-5-12/h1-2,4-7,9H,3,8H2,(H2,17,18,19,20). The van der Waals surface area contributed by atoms with Crippen LogP contribution < -0.4 is 10.6 Å². The highest BCUT2D eigenvalue weighted by Gasteiger charge is 2.03. The van der Waals surface area contributed by atoms with Crippen molar-refractivity contribution in [2.45, 2.75) is 6.42 Å². The van der Waals surface area contributed by atoms with E-state index in [1.165, 1.54) is 0 Å². The Morgan fingerprint density at radius 1 is 1.15 bits per heavy atom. The Bertz CT molecular complexity index is 590. The molecule has 0 radical (unpaired) electrons. The van der Waals surface area contributed by atoms with Crippen molar-refractivity contribution in [1.29, 1.82) is 0 Å². The van der Waals surface area contributed by atoms with Crippen LogP contribution in [0, 0.1) is 0 Å². The molecule has 0 spiro atoms. The quantitative estimate of drug-likeness (QED) is 0.903. The van der Waals surface area contributed by atoms with E-state index in [1.807, 2.05) is 6.07 Å². The number of carbonyl (C=O) groups is 1. The van der Waals surface area contributed by atoms with Crippen molar-refractivity contribution in [1.82, 2.24) is 10.3 Å². The van der Waals surface area contributed by atoms with Gasteiger partial charge in [-0.15, -0.1) is 0 Å². The molecule has 20 heavy (non-hydrogen) atoms. The molecule has 2 rings (SSSR count). The number of nitrogens with one attached hydrogen (secondary N) is 2. The Hall–Kier alpha value is -1.78. The molecule has 1 aromatic carbocycles. The van der Waals surface area contributed by atoms with Crippen LogP contribution in [0.15, 0.2) is 42.7 Å². The average Bonchev–Trinajstić information content (AvgIpc) is 2.42. The second kappa shape index (κ2) is 7.12. The van der Waals surface area contributed by atoms with Crippen LogP contribution in [0.1, 0.15) is 5.56 Å². The summed E-state index contributed by atoms with van der Waals surface area (Å²) in [4.78, 5) is 15.5. The van der Waals surface area contributed by atoms with E-state index in [0.29, 0.717) is 28.7 Å². The summed E-state index contributed by atoms with van der Waals surface area (Å²) in [5.74, 6) is 0. The van der Waals surface area contributed by atoms with Crippen LogP contribution in [-0.2, 0) is 6.42 Å². The van der Waals surface area contributed by atoms with Gasteiger partial charge < -0.3 is 10.6 Å². The van der Waals surface area contributed by atoms with Crippen LogP contribution >= 0.6 is 23.2 Å². The van der Waals surface area contributed by atoms with Gasteiger partial charge in [0.05, 0.1) is 0 Å². The van der Waals surface area contributed by atoms with Gasteiger partial charge in [-0.3, -0.25) is 4.98 Å². The fraction of sp³-hybridized carbons (Fsp3) is 0.143. The molecule has 2 amide bonds. The van der Waals surface area contributed by atoms with Gasteiger partial charge in [-0.05, 0) is 36.2 Å². The van der Waals surface area contributed by atoms with E-state index in [2.05, 4.69) is 15.6 Å². The zero-order valence-electron chi connectivity index (χ0n) is 10.6. The minimum Gasteiger partial charge on any atom is -0.338 e. The first-order chi connectivity index (χ1) is 9.65. The molecule has 6 heteroatoms. The van der Waals surface area contributed by atoms with Crippen LogP contribution in [0.3, 0.4) is 0 Å². The van der Waals surface area contributed by atoms with E-state index in [-0.39, 0.29) is 6.03 Å². The molecule has 0 saturated heterocycles. The molecule has 2 N–H and O–H groups in total. The number of nitrogens with zero attached hydrogens (tertiary/aromatic N) is 1. The summed E-state index contributed by atoms with van der Waals surface area (Å²) in [7, 11) is 0. The lowest BCUT2D eigenvalue weighted by atomic mass is 10.1. The summed E-state index contributed by atoms with van der Waals surface area (Å²) in [5.41, 5.74) is 1.64. The largest absolute Gasteiger partial charge is 0.338 e. The number of hydrogen-bond acceptors (Lipinski definition) is 2. The summed E-state index contributed by atoms with van der Waals surface area (Å²) in [5, 5.41) is 6.67. The number of anilines is 1. The predicted octanol–water partition coefficient (Wildman–Crippen LogP) is 3.75. The van der Waals surface area contributed by atoms with Gasteiger partial charge in [0.1, 0.15) is 0 Å². The zero-order valence-corrected chi connectivity index (χ0v) is 12.1. The minimum absolute atomic E-state index is 0.263. The molecule has 0 saturated carbocycles. The van der Waals surface area contributed by atoms with Crippen LogP contribution in [0.2, 0.25) is 10.0 Å². The molecule has 0 atom stereocenters. The summed E-state index contributed by atoms with van der Waals surface area (Å²) in [6.45, 7) is 0.484. The maximum Gasteiger partial charge on any atom is 0.319 e. The van der Waals surface area contributed by atoms with Crippen LogP contribution in [0.4, 0.5) is 10.5 Å². The molecule has 1 heterocycles. The van der Waals surface area contributed by atoms with Crippen molar-refractivity contribution in [2.24, 2.45) is 0 Å². The number of amides is 2. The Labute approximate surface area is 127 Å². The second-order valence-corrected chi connectivity index (χ2v) is 4.95. The minimum atomic E-state index is -0.263. The SMILES string of the molecule is O=C(NCCc1ccc(Cl)cc1Cl)Nc1ccncc1. The van der Waals surface area contributed by atoms with Crippen LogP contribution in [-0.4, -0.2) is 17.6 Å². The molecular weight excluding hydrogens is 297 g/mol. The van der Waals surface area contributed by atoms with Gasteiger partial charge in [0.2, 0.25) is 0 Å². The number of aromatic nitrogens is 1. The average molecular weight is 310 g/mol. The summed E-state index contributed by atoms with van der Waals surface area (Å²) < 4.78 is 0. The number of hydrogen-bond donors (Lipinski definition) is 2. The summed E-state index contributed by atoms with van der Waals surface area (Å²) in [6.07, 6.45) is 3.87. The van der Waals surface area contributed by atoms with Crippen LogP contribution in [0.5, 0.6) is 0 Å². The topological polar surface area (TPSA) is 54.0 Å². The van der Waals surface area contributed by atoms with Crippen molar-refractivity contribution in [2.75, 3.05) is 11.9 Å². The van der Waals surface area contributed by atoms with Gasteiger partial charge in [0.15, 0.2) is 0 Å². The lowest BCUT2D eigenvalue weighted by molar-refractivity contribution is 0.252. The fourth-order valence-corrected chi connectivity index (χ4v) is 2.15. The third-order valence-corrected chi connectivity index (χ3v) is 3.22. The number of urea groups is 1. The molecular formula is C14H13Cl2N3O. The van der Waals surface area contributed by atoms with E-state index >= 15 is 0 Å². The Morgan fingerprint density at radius 3 is 2.60 bits per heavy atom. The van der Waals surface area contributed by atoms with E-state index in [1.54, 1.807) is 36.7 Å². The van der Waals surface area contributed by atoms with Crippen molar-refractivity contribution in [3.8, 4) is 0 Å². The molecule has 4 nitrogen and oxygen atoms in total. The lowest BCUT2D eigenvalue weighted by Crippen LogP contribution is -2.30. The molecule has 0 bridgehead atoms. The normalized spacial score (nSPS) is 10.1. The molecule has 0 aliphatic carbocycles. The van der Waals surface area contributed by atoms with Crippen LogP contribution in [0.25, 0.3) is 0 Å². The smallest absolute Gasteiger partial charge is 0.319 e. The highest BCUT2D eigenvalue weighted by atomic mass is 35.5. The van der Waals surface area contributed by atoms with E-state index in [9.17, 15) is 4.79 Å². The third kappa shape index (κ3) is 4.40. The van der Waals surface area contributed by atoms with Crippen molar-refractivity contribution in [3.63, 3.8) is 0 Å². The van der Waals surface area contributed by atoms with E-state index in [0.717, 1.165) is 5.56 Å². The third-order valence-electron chi connectivity index (χ3n) is 2.63. The number of halogens is 2. The molecule has 0 fully saturated rings. The molecule has 0 aliphatic heterocycles. The van der Waals surface area contributed by atoms with Gasteiger partial charge in [-0.2, -0.15) is 0 Å². The molecule has 0 unspecified atom stereocenters. The van der Waals surface area contributed by atoms with Gasteiger partial charge in [-0.25, -0.2) is 4.79 Å². The Kier molecular flexibility index (Phi) is 5.21. The molecule has 1 aromatic heterocycles.